The molecular weight excluding hydrogens is 739 g/mol. The Kier molecular flexibility index (Phi) is 34.5. The first-order valence-electron chi connectivity index (χ1n) is 24.0. The summed E-state index contributed by atoms with van der Waals surface area (Å²) in [5.74, 6) is 0.0784. The highest BCUT2D eigenvalue weighted by Gasteiger charge is 2.44. The van der Waals surface area contributed by atoms with Gasteiger partial charge in [0.15, 0.2) is 6.29 Å². The van der Waals surface area contributed by atoms with Crippen molar-refractivity contribution in [3.63, 3.8) is 0 Å². The van der Waals surface area contributed by atoms with Crippen molar-refractivity contribution in [1.82, 2.24) is 5.32 Å². The van der Waals surface area contributed by atoms with Crippen LogP contribution in [0.5, 0.6) is 0 Å². The van der Waals surface area contributed by atoms with Crippen LogP contribution in [0, 0.1) is 5.92 Å². The van der Waals surface area contributed by atoms with Crippen LogP contribution in [-0.4, -0.2) is 110 Å². The number of hydrogen-bond acceptors (Lipinski definition) is 10. The fraction of sp³-hybridized carbons (Fsp3) is 0.936. The topological polar surface area (TPSA) is 189 Å². The maximum atomic E-state index is 13.1. The monoisotopic (exact) mass is 830 g/mol. The highest BCUT2D eigenvalue weighted by Crippen LogP contribution is 2.23. The van der Waals surface area contributed by atoms with Crippen LogP contribution >= 0.6 is 0 Å². The van der Waals surface area contributed by atoms with E-state index in [1.807, 2.05) is 0 Å². The molecule has 11 heteroatoms. The number of carbonyl (C=O) groups is 1. The van der Waals surface area contributed by atoms with E-state index in [4.69, 9.17) is 9.47 Å². The van der Waals surface area contributed by atoms with Gasteiger partial charge in [-0.25, -0.2) is 0 Å². The molecule has 10 atom stereocenters. The van der Waals surface area contributed by atoms with Crippen LogP contribution in [-0.2, 0) is 14.3 Å². The lowest BCUT2D eigenvalue weighted by molar-refractivity contribution is -0.303. The minimum atomic E-state index is -1.66. The molecule has 0 aromatic heterocycles. The number of amides is 1. The van der Waals surface area contributed by atoms with Gasteiger partial charge in [-0.2, -0.15) is 0 Å². The number of carbonyl (C=O) groups excluding carboxylic acids is 1. The van der Waals surface area contributed by atoms with Gasteiger partial charge in [0.05, 0.1) is 25.4 Å². The summed E-state index contributed by atoms with van der Waals surface area (Å²) in [5, 5.41) is 75.6. The van der Waals surface area contributed by atoms with Gasteiger partial charge < -0.3 is 50.5 Å². The summed E-state index contributed by atoms with van der Waals surface area (Å²) in [6, 6.07) is -1.17. The summed E-state index contributed by atoms with van der Waals surface area (Å²) in [6.07, 6.45) is 25.6. The van der Waals surface area contributed by atoms with Crippen LogP contribution in [0.3, 0.4) is 0 Å². The number of hydrogen-bond donors (Lipinski definition) is 8. The predicted molar refractivity (Wildman–Crippen MR) is 233 cm³/mol. The van der Waals surface area contributed by atoms with E-state index in [9.17, 15) is 40.5 Å². The lowest BCUT2D eigenvalue weighted by Crippen LogP contribution is -2.60. The van der Waals surface area contributed by atoms with Gasteiger partial charge in [0.1, 0.15) is 36.6 Å². The molecule has 0 bridgehead atoms. The highest BCUT2D eigenvalue weighted by atomic mass is 16.7. The number of aliphatic hydroxyl groups excluding tert-OH is 7. The van der Waals surface area contributed by atoms with Gasteiger partial charge in [0.25, 0.3) is 0 Å². The molecule has 0 saturated carbocycles. The zero-order valence-corrected chi connectivity index (χ0v) is 37.2. The molecule has 8 N–H and O–H groups in total. The quantitative estimate of drug-likeness (QED) is 0.0223. The molecule has 1 rings (SSSR count). The summed E-state index contributed by atoms with van der Waals surface area (Å²) in [5.41, 5.74) is 0. The number of ether oxygens (including phenoxy) is 2. The van der Waals surface area contributed by atoms with Crippen molar-refractivity contribution in [3.8, 4) is 0 Å². The number of rotatable bonds is 39. The van der Waals surface area contributed by atoms with Crippen LogP contribution in [0.25, 0.3) is 0 Å². The van der Waals surface area contributed by atoms with Crippen molar-refractivity contribution in [1.29, 1.82) is 0 Å². The molecule has 1 heterocycles. The van der Waals surface area contributed by atoms with Gasteiger partial charge in [0, 0.05) is 0 Å². The lowest BCUT2D eigenvalue weighted by Gasteiger charge is -2.40. The second kappa shape index (κ2) is 36.5. The van der Waals surface area contributed by atoms with E-state index < -0.39 is 74.2 Å². The molecule has 0 aliphatic carbocycles. The second-order valence-corrected chi connectivity index (χ2v) is 17.4. The van der Waals surface area contributed by atoms with E-state index in [2.05, 4.69) is 38.2 Å². The fourth-order valence-corrected chi connectivity index (χ4v) is 7.70. The number of nitrogens with one attached hydrogen (secondary N) is 1. The highest BCUT2D eigenvalue weighted by molar-refractivity contribution is 5.80. The minimum absolute atomic E-state index is 0.260. The van der Waals surface area contributed by atoms with E-state index in [-0.39, 0.29) is 6.42 Å². The van der Waals surface area contributed by atoms with Crippen molar-refractivity contribution < 1.29 is 50.0 Å². The SMILES string of the molecule is CCCCCCCC/C=C\CCCCCCCCCCCC[C@@H](O)C(=O)N[C@@H](CO[C@@H]1O[C@H](CO)[C@@H](O)[C@H](O)[C@H]1O)[C@H](O)[C@H](O)CCCCCCCCCC(C)CC. The van der Waals surface area contributed by atoms with Gasteiger partial charge in [0.2, 0.25) is 5.91 Å². The largest absolute Gasteiger partial charge is 0.394 e. The molecule has 58 heavy (non-hydrogen) atoms. The first-order valence-corrected chi connectivity index (χ1v) is 24.0. The summed E-state index contributed by atoms with van der Waals surface area (Å²) in [6.45, 7) is 5.73. The van der Waals surface area contributed by atoms with Crippen LogP contribution < -0.4 is 5.32 Å². The molecule has 11 nitrogen and oxygen atoms in total. The number of aliphatic hydroxyl groups is 7. The summed E-state index contributed by atoms with van der Waals surface area (Å²) >= 11 is 0. The standard InChI is InChI=1S/C47H91NO10/c1-4-6-7-8-9-10-11-12-13-14-15-16-17-18-19-20-21-24-28-31-34-40(51)46(56)48-38(36-57-47-45(55)44(54)43(53)41(35-49)58-47)42(52)39(50)33-30-27-25-22-23-26-29-32-37(3)5-2/h12-13,37-45,47,49-55H,4-11,14-36H2,1-3H3,(H,48,56)/b13-12-/t37?,38-,39+,40+,41+,42-,43+,44-,45+,47+/m0/s1. The Morgan fingerprint density at radius 1 is 0.638 bits per heavy atom. The average molecular weight is 830 g/mol. The van der Waals surface area contributed by atoms with Crippen LogP contribution in [0.2, 0.25) is 0 Å². The van der Waals surface area contributed by atoms with E-state index in [1.54, 1.807) is 0 Å². The molecule has 0 aromatic rings. The Labute approximate surface area is 353 Å². The van der Waals surface area contributed by atoms with Gasteiger partial charge in [-0.1, -0.05) is 181 Å². The van der Waals surface area contributed by atoms with Gasteiger partial charge in [-0.15, -0.1) is 0 Å². The van der Waals surface area contributed by atoms with Crippen LogP contribution in [0.1, 0.15) is 207 Å². The first-order chi connectivity index (χ1) is 28.1. The molecule has 0 spiro atoms. The molecule has 1 fully saturated rings. The molecule has 344 valence electrons. The molecule has 1 aliphatic heterocycles. The molecule has 1 aliphatic rings. The van der Waals surface area contributed by atoms with Crippen LogP contribution in [0.15, 0.2) is 12.2 Å². The first kappa shape index (κ1) is 54.9. The average Bonchev–Trinajstić information content (AvgIpc) is 3.22. The Morgan fingerprint density at radius 2 is 1.10 bits per heavy atom. The lowest BCUT2D eigenvalue weighted by atomic mass is 9.98. The normalized spacial score (nSPS) is 22.6. The van der Waals surface area contributed by atoms with Crippen molar-refractivity contribution in [2.75, 3.05) is 13.2 Å². The third kappa shape index (κ3) is 26.2. The number of allylic oxidation sites excluding steroid dienone is 2. The van der Waals surface area contributed by atoms with Crippen molar-refractivity contribution in [3.05, 3.63) is 12.2 Å². The fourth-order valence-electron chi connectivity index (χ4n) is 7.70. The third-order valence-corrected chi connectivity index (χ3v) is 12.1. The molecular formula is C47H91NO10. The zero-order chi connectivity index (χ0) is 42.8. The number of unbranched alkanes of at least 4 members (excludes halogenated alkanes) is 22. The van der Waals surface area contributed by atoms with Crippen molar-refractivity contribution in [2.24, 2.45) is 5.92 Å². The Morgan fingerprint density at radius 3 is 1.60 bits per heavy atom. The molecule has 1 saturated heterocycles. The third-order valence-electron chi connectivity index (χ3n) is 12.1. The summed E-state index contributed by atoms with van der Waals surface area (Å²) in [4.78, 5) is 13.1. The Balaban J connectivity index is 2.40. The Bertz CT molecular complexity index is 970. The van der Waals surface area contributed by atoms with Gasteiger partial charge in [-0.3, -0.25) is 4.79 Å². The van der Waals surface area contributed by atoms with Gasteiger partial charge in [-0.05, 0) is 44.4 Å². The maximum Gasteiger partial charge on any atom is 0.249 e. The molecule has 1 amide bonds. The Hall–Kier alpha value is -1.15. The van der Waals surface area contributed by atoms with Gasteiger partial charge >= 0.3 is 0 Å². The van der Waals surface area contributed by atoms with E-state index in [0.717, 1.165) is 44.4 Å². The van der Waals surface area contributed by atoms with Crippen LogP contribution in [0.4, 0.5) is 0 Å². The van der Waals surface area contributed by atoms with Crippen molar-refractivity contribution in [2.45, 2.75) is 262 Å². The van der Waals surface area contributed by atoms with Crippen molar-refractivity contribution >= 4 is 5.91 Å². The maximum absolute atomic E-state index is 13.1. The van der Waals surface area contributed by atoms with E-state index >= 15 is 0 Å². The molecule has 0 radical (unpaired) electrons. The minimum Gasteiger partial charge on any atom is -0.394 e. The molecule has 0 aromatic carbocycles. The molecule has 1 unspecified atom stereocenters. The van der Waals surface area contributed by atoms with E-state index in [1.165, 1.54) is 122 Å². The summed E-state index contributed by atoms with van der Waals surface area (Å²) in [7, 11) is 0. The summed E-state index contributed by atoms with van der Waals surface area (Å²) < 4.78 is 11.1. The predicted octanol–water partition coefficient (Wildman–Crippen LogP) is 7.92. The zero-order valence-electron chi connectivity index (χ0n) is 37.2. The smallest absolute Gasteiger partial charge is 0.249 e. The second-order valence-electron chi connectivity index (χ2n) is 17.4. The van der Waals surface area contributed by atoms with E-state index in [0.29, 0.717) is 19.3 Å².